The minimum atomic E-state index is -3.75. The molecular formula is C34H41FN6O5S. The molecule has 0 spiro atoms. The van der Waals surface area contributed by atoms with E-state index in [1.165, 1.54) is 6.07 Å². The fourth-order valence-electron chi connectivity index (χ4n) is 5.43. The third-order valence-electron chi connectivity index (χ3n) is 7.85. The molecule has 13 heteroatoms. The van der Waals surface area contributed by atoms with Gasteiger partial charge in [-0.3, -0.25) is 4.72 Å². The Labute approximate surface area is 275 Å². The van der Waals surface area contributed by atoms with Crippen LogP contribution in [0.3, 0.4) is 0 Å². The van der Waals surface area contributed by atoms with Crippen LogP contribution in [0.15, 0.2) is 54.9 Å². The Bertz CT molecular complexity index is 1880. The van der Waals surface area contributed by atoms with E-state index in [2.05, 4.69) is 26.9 Å². The van der Waals surface area contributed by atoms with Crippen molar-refractivity contribution in [3.05, 3.63) is 66.2 Å². The van der Waals surface area contributed by atoms with Crippen molar-refractivity contribution in [1.29, 1.82) is 0 Å². The van der Waals surface area contributed by atoms with Crippen LogP contribution in [0.2, 0.25) is 0 Å². The van der Waals surface area contributed by atoms with Gasteiger partial charge in [-0.05, 0) is 82.3 Å². The van der Waals surface area contributed by atoms with Crippen molar-refractivity contribution in [1.82, 2.24) is 19.9 Å². The van der Waals surface area contributed by atoms with Crippen LogP contribution in [-0.2, 0) is 14.8 Å². The van der Waals surface area contributed by atoms with Crippen LogP contribution in [0.4, 0.5) is 20.8 Å². The Morgan fingerprint density at radius 2 is 1.85 bits per heavy atom. The van der Waals surface area contributed by atoms with Gasteiger partial charge in [0, 0.05) is 42.3 Å². The predicted molar refractivity (Wildman–Crippen MR) is 181 cm³/mol. The summed E-state index contributed by atoms with van der Waals surface area (Å²) >= 11 is 0. The molecular weight excluding hydrogens is 623 g/mol. The minimum absolute atomic E-state index is 0.0983. The molecule has 1 fully saturated rings. The number of sulfonamides is 1. The first kappa shape index (κ1) is 33.8. The average Bonchev–Trinajstić information content (AvgIpc) is 3.00. The summed E-state index contributed by atoms with van der Waals surface area (Å²) < 4.78 is 54.5. The molecule has 0 radical (unpaired) electrons. The van der Waals surface area contributed by atoms with Gasteiger partial charge < -0.3 is 19.7 Å². The second kappa shape index (κ2) is 13.7. The SMILES string of the molecule is CCCS(=O)(=O)Nc1c(F)ccc2c(Oc3ncccc3-c3ccnc(N[C@@H]4CN(C(=O)OC(C)(C)C)CC[C@H]4C)n3)c(C)ccc12. The number of ether oxygens (including phenoxy) is 2. The van der Waals surface area contributed by atoms with Gasteiger partial charge in [0.1, 0.15) is 17.2 Å². The summed E-state index contributed by atoms with van der Waals surface area (Å²) in [5.74, 6) is 0.492. The third-order valence-corrected chi connectivity index (χ3v) is 9.31. The number of anilines is 2. The molecule has 3 heterocycles. The second-order valence-corrected chi connectivity index (χ2v) is 14.7. The first-order valence-corrected chi connectivity index (χ1v) is 17.3. The topological polar surface area (TPSA) is 136 Å². The van der Waals surface area contributed by atoms with Crippen molar-refractivity contribution in [3.63, 3.8) is 0 Å². The first-order chi connectivity index (χ1) is 22.2. The van der Waals surface area contributed by atoms with Crippen LogP contribution in [0.5, 0.6) is 11.6 Å². The van der Waals surface area contributed by atoms with Crippen molar-refractivity contribution in [2.45, 2.75) is 66.0 Å². The van der Waals surface area contributed by atoms with E-state index >= 15 is 0 Å². The summed E-state index contributed by atoms with van der Waals surface area (Å²) in [7, 11) is -3.75. The Balaban J connectivity index is 1.43. The van der Waals surface area contributed by atoms with Crippen LogP contribution in [-0.4, -0.2) is 64.8 Å². The smallest absolute Gasteiger partial charge is 0.410 e. The second-order valence-electron chi connectivity index (χ2n) is 12.8. The Morgan fingerprint density at radius 1 is 1.09 bits per heavy atom. The Kier molecular flexibility index (Phi) is 9.85. The zero-order valence-corrected chi connectivity index (χ0v) is 28.3. The number of pyridine rings is 1. The standard InChI is InChI=1S/C34H41FN6O5S/c1-7-19-47(43,44)40-29-23-11-10-22(3)30(24(23)12-13-26(29)35)45-31-25(9-8-16-36-31)27-14-17-37-32(38-27)39-28-20-41(18-15-21(28)2)33(42)46-34(4,5)6/h8-14,16-17,21,28,40H,7,15,18-20H2,1-6H3,(H,37,38,39)/t21-,28-/m1/s1. The summed E-state index contributed by atoms with van der Waals surface area (Å²) in [4.78, 5) is 28.2. The minimum Gasteiger partial charge on any atom is -0.444 e. The van der Waals surface area contributed by atoms with Gasteiger partial charge in [0.2, 0.25) is 21.9 Å². The highest BCUT2D eigenvalue weighted by molar-refractivity contribution is 7.92. The molecule has 1 amide bonds. The van der Waals surface area contributed by atoms with Gasteiger partial charge in [0.05, 0.1) is 22.7 Å². The number of aromatic nitrogens is 3. The molecule has 11 nitrogen and oxygen atoms in total. The highest BCUT2D eigenvalue weighted by Gasteiger charge is 2.32. The number of piperidine rings is 1. The number of halogens is 1. The van der Waals surface area contributed by atoms with Gasteiger partial charge in [0.15, 0.2) is 0 Å². The lowest BCUT2D eigenvalue weighted by atomic mass is 9.94. The predicted octanol–water partition coefficient (Wildman–Crippen LogP) is 7.14. The number of nitrogens with one attached hydrogen (secondary N) is 2. The lowest BCUT2D eigenvalue weighted by molar-refractivity contribution is 0.0176. The zero-order chi connectivity index (χ0) is 33.9. The highest BCUT2D eigenvalue weighted by atomic mass is 32.2. The number of fused-ring (bicyclic) bond motifs is 1. The molecule has 250 valence electrons. The van der Waals surface area contributed by atoms with E-state index < -0.39 is 21.4 Å². The molecule has 1 saturated heterocycles. The van der Waals surface area contributed by atoms with Crippen molar-refractivity contribution >= 4 is 38.5 Å². The van der Waals surface area contributed by atoms with Crippen molar-refractivity contribution in [2.75, 3.05) is 28.9 Å². The summed E-state index contributed by atoms with van der Waals surface area (Å²) in [6, 6.07) is 11.4. The van der Waals surface area contributed by atoms with Gasteiger partial charge in [-0.1, -0.05) is 26.0 Å². The van der Waals surface area contributed by atoms with Crippen LogP contribution >= 0.6 is 0 Å². The fraction of sp³-hybridized carbons (Fsp3) is 0.412. The maximum absolute atomic E-state index is 15.0. The molecule has 1 aliphatic heterocycles. The van der Waals surface area contributed by atoms with Crippen LogP contribution in [0.25, 0.3) is 22.0 Å². The average molecular weight is 665 g/mol. The molecule has 4 aromatic rings. The fourth-order valence-corrected chi connectivity index (χ4v) is 6.59. The molecule has 2 N–H and O–H groups in total. The summed E-state index contributed by atoms with van der Waals surface area (Å²) in [5.41, 5.74) is 1.17. The highest BCUT2D eigenvalue weighted by Crippen LogP contribution is 2.40. The first-order valence-electron chi connectivity index (χ1n) is 15.7. The van der Waals surface area contributed by atoms with E-state index in [0.29, 0.717) is 53.2 Å². The van der Waals surface area contributed by atoms with E-state index in [0.717, 1.165) is 12.0 Å². The lowest BCUT2D eigenvalue weighted by Gasteiger charge is -2.38. The molecule has 2 atom stereocenters. The number of amides is 1. The monoisotopic (exact) mass is 664 g/mol. The van der Waals surface area contributed by atoms with E-state index in [4.69, 9.17) is 14.5 Å². The maximum Gasteiger partial charge on any atom is 0.410 e. The molecule has 0 aliphatic carbocycles. The number of nitrogens with zero attached hydrogens (tertiary/aromatic N) is 4. The van der Waals surface area contributed by atoms with E-state index in [9.17, 15) is 17.6 Å². The Hall–Kier alpha value is -4.52. The number of hydrogen-bond acceptors (Lipinski definition) is 9. The van der Waals surface area contributed by atoms with E-state index in [1.54, 1.807) is 54.5 Å². The summed E-state index contributed by atoms with van der Waals surface area (Å²) in [5, 5.41) is 4.28. The van der Waals surface area contributed by atoms with E-state index in [-0.39, 0.29) is 35.4 Å². The normalized spacial score (nSPS) is 17.0. The largest absolute Gasteiger partial charge is 0.444 e. The Morgan fingerprint density at radius 3 is 2.60 bits per heavy atom. The summed E-state index contributed by atoms with van der Waals surface area (Å²) in [6.07, 6.45) is 4.08. The molecule has 2 aromatic heterocycles. The number of hydrogen-bond donors (Lipinski definition) is 2. The van der Waals surface area contributed by atoms with Gasteiger partial charge in [0.25, 0.3) is 0 Å². The number of likely N-dealkylation sites (tertiary alicyclic amines) is 1. The number of aryl methyl sites for hydroxylation is 1. The van der Waals surface area contributed by atoms with Gasteiger partial charge >= 0.3 is 6.09 Å². The van der Waals surface area contributed by atoms with Crippen LogP contribution in [0, 0.1) is 18.7 Å². The van der Waals surface area contributed by atoms with Gasteiger partial charge in [-0.2, -0.15) is 0 Å². The number of benzene rings is 2. The lowest BCUT2D eigenvalue weighted by Crippen LogP contribution is -2.50. The van der Waals surface area contributed by atoms with E-state index in [1.807, 2.05) is 33.8 Å². The molecule has 47 heavy (non-hydrogen) atoms. The maximum atomic E-state index is 15.0. The molecule has 0 bridgehead atoms. The molecule has 2 aromatic carbocycles. The summed E-state index contributed by atoms with van der Waals surface area (Å²) in [6.45, 7) is 12.3. The van der Waals surface area contributed by atoms with Crippen molar-refractivity contribution < 1.29 is 27.1 Å². The molecule has 0 saturated carbocycles. The molecule has 1 aliphatic rings. The molecule has 5 rings (SSSR count). The quantitative estimate of drug-likeness (QED) is 0.191. The van der Waals surface area contributed by atoms with Gasteiger partial charge in [-0.25, -0.2) is 32.6 Å². The molecule has 0 unspecified atom stereocenters. The van der Waals surface area contributed by atoms with Crippen LogP contribution < -0.4 is 14.8 Å². The number of rotatable bonds is 9. The number of carbonyl (C=O) groups is 1. The van der Waals surface area contributed by atoms with Crippen LogP contribution in [0.1, 0.15) is 53.0 Å². The van der Waals surface area contributed by atoms with Crippen molar-refractivity contribution in [3.8, 4) is 22.9 Å². The van der Waals surface area contributed by atoms with Crippen molar-refractivity contribution in [2.24, 2.45) is 5.92 Å². The number of carbonyl (C=O) groups excluding carboxylic acids is 1. The zero-order valence-electron chi connectivity index (χ0n) is 27.5. The third kappa shape index (κ3) is 8.07. The van der Waals surface area contributed by atoms with Gasteiger partial charge in [-0.15, -0.1) is 0 Å².